The standard InChI is InChI=1S/C96H68O8/c1-61-62(2)66-7-23-78(24-8-66)94(98)82-39-55-90(56-40-82)102-86-47-31-74(32-48-86)70-17-19-72(20-18-70)76-35-51-88(52-36-76)104-92-59-43-84(44-60-92)96(100)80-27-11-68(12-28-80)64(4)63(3)67-9-25-79(26-10-67)95(99)83-41-57-91(58-42-83)103-87-49-33-75(34-50-87)71-15-13-69(14-16-71)73-29-45-85(46-30-73)101-89-53-37-81(38-54-89)93(97)77-21-5-65(61)6-22-77/h5-60H,1-4H3. The van der Waals surface area contributed by atoms with E-state index in [0.717, 1.165) is 89.1 Å². The van der Waals surface area contributed by atoms with Crippen molar-refractivity contribution >= 4 is 45.4 Å². The summed E-state index contributed by atoms with van der Waals surface area (Å²) in [4.78, 5) is 54.9. The van der Waals surface area contributed by atoms with Crippen LogP contribution < -0.4 is 18.9 Å². The van der Waals surface area contributed by atoms with Crippen molar-refractivity contribution in [2.45, 2.75) is 27.7 Å². The SMILES string of the molecule is CC1=C(C)c2ccc(cc2)C(=O)c2ccc(cc2)Oc2ccc(cc2)-c2ccc(cc2)-c2ccc(cc2)Oc2ccc(cc2)C(=O)c2ccc(cc2)C(C)=C(C)c2ccc(cc2)C(=O)c2ccc(cc2)Oc2ccc(cc2)-c2ccc(cc2)-c2ccc(cc2)Oc2ccc(cc2)C(=O)c2ccc1cc2. The Kier molecular flexibility index (Phi) is 18.7. The highest BCUT2D eigenvalue weighted by Crippen LogP contribution is 2.36. The van der Waals surface area contributed by atoms with Crippen molar-refractivity contribution in [2.75, 3.05) is 0 Å². The lowest BCUT2D eigenvalue weighted by Gasteiger charge is -2.11. The van der Waals surface area contributed by atoms with Crippen LogP contribution in [0.5, 0.6) is 46.0 Å². The summed E-state index contributed by atoms with van der Waals surface area (Å²) in [5.74, 6) is 4.82. The summed E-state index contributed by atoms with van der Waals surface area (Å²) in [6.45, 7) is 8.25. The van der Waals surface area contributed by atoms with Gasteiger partial charge in [0.1, 0.15) is 46.0 Å². The van der Waals surface area contributed by atoms with Crippen molar-refractivity contribution < 1.29 is 38.1 Å². The maximum absolute atomic E-state index is 13.7. The van der Waals surface area contributed by atoms with Crippen molar-refractivity contribution in [1.82, 2.24) is 0 Å². The van der Waals surface area contributed by atoms with Crippen LogP contribution in [0.15, 0.2) is 340 Å². The molecular weight excluding hydrogens is 1280 g/mol. The monoisotopic (exact) mass is 1350 g/mol. The second-order valence-corrected chi connectivity index (χ2v) is 25.9. The molecule has 104 heavy (non-hydrogen) atoms. The molecule has 14 aromatic carbocycles. The molecule has 0 radical (unpaired) electrons. The van der Waals surface area contributed by atoms with E-state index in [1.54, 1.807) is 48.5 Å². The maximum atomic E-state index is 13.7. The summed E-state index contributed by atoms with van der Waals surface area (Å²) < 4.78 is 24.9. The molecule has 0 aliphatic carbocycles. The first-order valence-electron chi connectivity index (χ1n) is 34.4. The molecule has 8 nitrogen and oxygen atoms in total. The zero-order chi connectivity index (χ0) is 71.2. The van der Waals surface area contributed by atoms with Gasteiger partial charge in [-0.15, -0.1) is 0 Å². The van der Waals surface area contributed by atoms with Crippen molar-refractivity contribution in [3.05, 3.63) is 406 Å². The number of ketones is 4. The van der Waals surface area contributed by atoms with E-state index in [2.05, 4.69) is 76.2 Å². The Morgan fingerprint density at radius 3 is 0.337 bits per heavy atom. The van der Waals surface area contributed by atoms with Crippen LogP contribution in [0.3, 0.4) is 0 Å². The van der Waals surface area contributed by atoms with Crippen LogP contribution >= 0.6 is 0 Å². The molecule has 22 aliphatic rings. The smallest absolute Gasteiger partial charge is 0.193 e. The van der Waals surface area contributed by atoms with Crippen molar-refractivity contribution in [2.24, 2.45) is 0 Å². The first-order valence-corrected chi connectivity index (χ1v) is 34.4. The molecule has 22 aliphatic heterocycles. The summed E-state index contributed by atoms with van der Waals surface area (Å²) in [5.41, 5.74) is 21.1. The van der Waals surface area contributed by atoms with E-state index < -0.39 is 0 Å². The van der Waals surface area contributed by atoms with Crippen LogP contribution in [0.4, 0.5) is 0 Å². The number of carbonyl (C=O) groups is 4. The van der Waals surface area contributed by atoms with Gasteiger partial charge in [-0.05, 0) is 262 Å². The first-order chi connectivity index (χ1) is 50.7. The number of carbonyl (C=O) groups excluding carboxylic acids is 4. The molecule has 14 aromatic rings. The summed E-state index contributed by atoms with van der Waals surface area (Å²) in [5, 5.41) is 0. The summed E-state index contributed by atoms with van der Waals surface area (Å²) in [7, 11) is 0. The summed E-state index contributed by atoms with van der Waals surface area (Å²) in [6, 6.07) is 108. The van der Waals surface area contributed by atoms with Gasteiger partial charge in [0, 0.05) is 44.5 Å². The molecule has 0 N–H and O–H groups in total. The third-order valence-corrected chi connectivity index (χ3v) is 19.4. The van der Waals surface area contributed by atoms with Crippen LogP contribution in [-0.4, -0.2) is 23.1 Å². The zero-order valence-corrected chi connectivity index (χ0v) is 57.6. The first kappa shape index (κ1) is 66.3. The highest BCUT2D eigenvalue weighted by atomic mass is 16.5. The molecule has 0 fully saturated rings. The van der Waals surface area contributed by atoms with E-state index >= 15 is 0 Å². The lowest BCUT2D eigenvalue weighted by atomic mass is 9.94. The molecule has 22 heterocycles. The van der Waals surface area contributed by atoms with Gasteiger partial charge in [-0.2, -0.15) is 0 Å². The fourth-order valence-corrected chi connectivity index (χ4v) is 12.8. The number of ether oxygens (including phenoxy) is 4. The van der Waals surface area contributed by atoms with E-state index in [4.69, 9.17) is 18.9 Å². The van der Waals surface area contributed by atoms with Gasteiger partial charge in [-0.25, -0.2) is 0 Å². The van der Waals surface area contributed by atoms with Crippen LogP contribution in [0.2, 0.25) is 0 Å². The van der Waals surface area contributed by atoms with E-state index in [1.807, 2.05) is 243 Å². The molecule has 36 rings (SSSR count). The Balaban J connectivity index is 0.627. The van der Waals surface area contributed by atoms with Crippen LogP contribution in [0.25, 0.3) is 66.8 Å². The molecule has 0 unspecified atom stereocenters. The maximum Gasteiger partial charge on any atom is 0.193 e. The topological polar surface area (TPSA) is 105 Å². The third-order valence-electron chi connectivity index (χ3n) is 19.4. The van der Waals surface area contributed by atoms with E-state index in [0.29, 0.717) is 90.5 Å². The Labute approximate surface area is 604 Å². The second-order valence-electron chi connectivity index (χ2n) is 25.9. The normalized spacial score (nSPS) is 12.7. The molecule has 28 bridgehead atoms. The summed E-state index contributed by atoms with van der Waals surface area (Å²) >= 11 is 0. The largest absolute Gasteiger partial charge is 0.457 e. The molecule has 0 spiro atoms. The van der Waals surface area contributed by atoms with Gasteiger partial charge < -0.3 is 18.9 Å². The van der Waals surface area contributed by atoms with Crippen LogP contribution in [-0.2, 0) is 0 Å². The molecular formula is C96H68O8. The minimum Gasteiger partial charge on any atom is -0.457 e. The Bertz CT molecular complexity index is 4840. The van der Waals surface area contributed by atoms with E-state index in [9.17, 15) is 19.2 Å². The highest BCUT2D eigenvalue weighted by molar-refractivity contribution is 6.11. The number of hydrogen-bond acceptors (Lipinski definition) is 8. The number of allylic oxidation sites excluding steroid dienone is 4. The lowest BCUT2D eigenvalue weighted by Crippen LogP contribution is -2.02. The van der Waals surface area contributed by atoms with Gasteiger partial charge in [0.15, 0.2) is 23.1 Å². The van der Waals surface area contributed by atoms with Crippen molar-refractivity contribution in [3.63, 3.8) is 0 Å². The van der Waals surface area contributed by atoms with Crippen molar-refractivity contribution in [1.29, 1.82) is 0 Å². The minimum atomic E-state index is -0.0879. The lowest BCUT2D eigenvalue weighted by molar-refractivity contribution is 0.103. The van der Waals surface area contributed by atoms with Gasteiger partial charge >= 0.3 is 0 Å². The Hall–Kier alpha value is -13.6. The fourth-order valence-electron chi connectivity index (χ4n) is 12.8. The summed E-state index contributed by atoms with van der Waals surface area (Å²) in [6.07, 6.45) is 0. The number of benzene rings is 14. The third kappa shape index (κ3) is 14.7. The van der Waals surface area contributed by atoms with E-state index in [-0.39, 0.29) is 23.1 Å². The molecule has 0 aromatic heterocycles. The molecule has 0 saturated carbocycles. The predicted octanol–water partition coefficient (Wildman–Crippen LogP) is 24.7. The number of rotatable bonds is 0. The molecule has 0 saturated heterocycles. The zero-order valence-electron chi connectivity index (χ0n) is 57.6. The van der Waals surface area contributed by atoms with Gasteiger partial charge in [0.25, 0.3) is 0 Å². The average Bonchev–Trinajstić information content (AvgIpc) is 0.826. The molecule has 0 amide bonds. The van der Waals surface area contributed by atoms with Gasteiger partial charge in [0.2, 0.25) is 0 Å². The van der Waals surface area contributed by atoms with E-state index in [1.165, 1.54) is 0 Å². The second kappa shape index (κ2) is 29.3. The van der Waals surface area contributed by atoms with Crippen molar-refractivity contribution in [3.8, 4) is 90.5 Å². The molecule has 500 valence electrons. The van der Waals surface area contributed by atoms with Crippen LogP contribution in [0, 0.1) is 0 Å². The molecule has 8 heteroatoms. The Morgan fingerprint density at radius 1 is 0.125 bits per heavy atom. The fraction of sp³-hybridized carbons (Fsp3) is 0.0417. The van der Waals surface area contributed by atoms with Crippen LogP contribution in [0.1, 0.15) is 114 Å². The average molecular weight is 1350 g/mol. The van der Waals surface area contributed by atoms with Gasteiger partial charge in [-0.3, -0.25) is 19.2 Å². The minimum absolute atomic E-state index is 0.0879. The highest BCUT2D eigenvalue weighted by Gasteiger charge is 2.18. The Morgan fingerprint density at radius 2 is 0.212 bits per heavy atom. The quantitative estimate of drug-likeness (QED) is 0.148. The predicted molar refractivity (Wildman–Crippen MR) is 417 cm³/mol. The van der Waals surface area contributed by atoms with Gasteiger partial charge in [-0.1, -0.05) is 194 Å². The van der Waals surface area contributed by atoms with Gasteiger partial charge in [0.05, 0.1) is 0 Å². The molecule has 0 atom stereocenters. The number of hydrogen-bond donors (Lipinski definition) is 0.